The van der Waals surface area contributed by atoms with Gasteiger partial charge in [-0.1, -0.05) is 18.2 Å². The summed E-state index contributed by atoms with van der Waals surface area (Å²) < 4.78 is 16.2. The number of rotatable bonds is 7. The molecule has 2 aliphatic rings. The van der Waals surface area contributed by atoms with Gasteiger partial charge >= 0.3 is 6.03 Å². The van der Waals surface area contributed by atoms with Crippen molar-refractivity contribution < 1.29 is 19.0 Å². The number of urea groups is 1. The fraction of sp³-hybridized carbons (Fsp3) is 0.500. The monoisotopic (exact) mass is 453 g/mol. The maximum absolute atomic E-state index is 12.6. The standard InChI is InChI=1S/C26H35N3O4/c1-29-14-13-26(19-7-10-22(32-3)23(15-19)33-4)12-11-20(16-24(26)29)28-25(30)27-17-18-5-8-21(31-2)9-6-18/h5-10,15,20,24H,11-14,16-17H2,1-4H3,(H2,27,28,30)/t20-,24+,26+/m1/s1. The molecule has 7 nitrogen and oxygen atoms in total. The molecule has 1 aliphatic heterocycles. The molecule has 2 fully saturated rings. The van der Waals surface area contributed by atoms with E-state index in [0.29, 0.717) is 12.6 Å². The van der Waals surface area contributed by atoms with Crippen LogP contribution in [0.4, 0.5) is 4.79 Å². The zero-order valence-corrected chi connectivity index (χ0v) is 20.0. The first kappa shape index (κ1) is 23.2. The van der Waals surface area contributed by atoms with Crippen LogP contribution in [0.3, 0.4) is 0 Å². The van der Waals surface area contributed by atoms with Gasteiger partial charge in [-0.3, -0.25) is 0 Å². The van der Waals surface area contributed by atoms with E-state index in [9.17, 15) is 4.79 Å². The fourth-order valence-electron chi connectivity index (χ4n) is 5.56. The lowest BCUT2D eigenvalue weighted by atomic mass is 9.65. The molecule has 33 heavy (non-hydrogen) atoms. The van der Waals surface area contributed by atoms with E-state index < -0.39 is 0 Å². The van der Waals surface area contributed by atoms with Gasteiger partial charge in [0.2, 0.25) is 0 Å². The van der Waals surface area contributed by atoms with Crippen LogP contribution in [0.25, 0.3) is 0 Å². The number of ether oxygens (including phenoxy) is 3. The van der Waals surface area contributed by atoms with Gasteiger partial charge in [0.05, 0.1) is 21.3 Å². The number of benzene rings is 2. The molecule has 178 valence electrons. The van der Waals surface area contributed by atoms with E-state index in [1.165, 1.54) is 5.56 Å². The Morgan fingerprint density at radius 1 is 1.03 bits per heavy atom. The van der Waals surface area contributed by atoms with Crippen LogP contribution in [0.2, 0.25) is 0 Å². The highest BCUT2D eigenvalue weighted by molar-refractivity contribution is 5.74. The average molecular weight is 454 g/mol. The molecule has 0 aromatic heterocycles. The third-order valence-electron chi connectivity index (χ3n) is 7.43. The fourth-order valence-corrected chi connectivity index (χ4v) is 5.56. The van der Waals surface area contributed by atoms with Gasteiger partial charge in [-0.25, -0.2) is 4.79 Å². The second kappa shape index (κ2) is 9.91. The van der Waals surface area contributed by atoms with E-state index in [0.717, 1.165) is 55.0 Å². The second-order valence-electron chi connectivity index (χ2n) is 9.12. The van der Waals surface area contributed by atoms with Crippen LogP contribution in [0.15, 0.2) is 42.5 Å². The molecule has 2 aromatic rings. The summed E-state index contributed by atoms with van der Waals surface area (Å²) in [6, 6.07) is 14.5. The van der Waals surface area contributed by atoms with Gasteiger partial charge in [0.15, 0.2) is 11.5 Å². The minimum Gasteiger partial charge on any atom is -0.497 e. The van der Waals surface area contributed by atoms with Gasteiger partial charge in [0, 0.05) is 24.0 Å². The van der Waals surface area contributed by atoms with Crippen molar-refractivity contribution in [3.63, 3.8) is 0 Å². The molecule has 0 bridgehead atoms. The zero-order valence-electron chi connectivity index (χ0n) is 20.0. The summed E-state index contributed by atoms with van der Waals surface area (Å²) in [5.41, 5.74) is 2.42. The van der Waals surface area contributed by atoms with Crippen LogP contribution >= 0.6 is 0 Å². The zero-order chi connectivity index (χ0) is 23.4. The number of carbonyl (C=O) groups is 1. The first-order valence-corrected chi connectivity index (χ1v) is 11.6. The van der Waals surface area contributed by atoms with E-state index in [4.69, 9.17) is 14.2 Å². The Balaban J connectivity index is 1.40. The maximum Gasteiger partial charge on any atom is 0.315 e. The van der Waals surface area contributed by atoms with Crippen LogP contribution in [-0.4, -0.2) is 57.9 Å². The number of methoxy groups -OCH3 is 3. The molecule has 1 saturated carbocycles. The summed E-state index contributed by atoms with van der Waals surface area (Å²) >= 11 is 0. The van der Waals surface area contributed by atoms with Crippen molar-refractivity contribution in [2.24, 2.45) is 0 Å². The highest BCUT2D eigenvalue weighted by atomic mass is 16.5. The lowest BCUT2D eigenvalue weighted by Gasteiger charge is -2.45. The minimum atomic E-state index is -0.116. The molecular formula is C26H35N3O4. The van der Waals surface area contributed by atoms with Crippen molar-refractivity contribution in [3.05, 3.63) is 53.6 Å². The Hall–Kier alpha value is -2.93. The number of likely N-dealkylation sites (N-methyl/N-ethyl adjacent to an activating group) is 1. The number of amides is 2. The smallest absolute Gasteiger partial charge is 0.315 e. The quantitative estimate of drug-likeness (QED) is 0.669. The Labute approximate surface area is 196 Å². The summed E-state index contributed by atoms with van der Waals surface area (Å²) in [6.07, 6.45) is 4.02. The topological polar surface area (TPSA) is 72.1 Å². The number of hydrogen-bond acceptors (Lipinski definition) is 5. The van der Waals surface area contributed by atoms with Crippen LogP contribution in [0.5, 0.6) is 17.2 Å². The lowest BCUT2D eigenvalue weighted by Crippen LogP contribution is -2.53. The van der Waals surface area contributed by atoms with Gasteiger partial charge in [-0.05, 0) is 74.7 Å². The minimum absolute atomic E-state index is 0.0754. The molecule has 7 heteroatoms. The second-order valence-corrected chi connectivity index (χ2v) is 9.12. The predicted octanol–water partition coefficient (Wildman–Crippen LogP) is 3.71. The highest BCUT2D eigenvalue weighted by Gasteiger charge is 2.50. The van der Waals surface area contributed by atoms with E-state index in [2.05, 4.69) is 34.7 Å². The maximum atomic E-state index is 12.6. The average Bonchev–Trinajstić information content (AvgIpc) is 3.19. The van der Waals surface area contributed by atoms with Crippen molar-refractivity contribution in [1.29, 1.82) is 0 Å². The first-order valence-electron chi connectivity index (χ1n) is 11.6. The molecule has 2 N–H and O–H groups in total. The summed E-state index contributed by atoms with van der Waals surface area (Å²) in [4.78, 5) is 15.0. The molecule has 2 amide bonds. The van der Waals surface area contributed by atoms with Gasteiger partial charge in [-0.2, -0.15) is 0 Å². The molecule has 1 heterocycles. The van der Waals surface area contributed by atoms with Crippen molar-refractivity contribution in [2.45, 2.75) is 49.7 Å². The summed E-state index contributed by atoms with van der Waals surface area (Å²) in [6.45, 7) is 1.54. The Morgan fingerprint density at radius 2 is 1.79 bits per heavy atom. The molecular weight excluding hydrogens is 418 g/mol. The van der Waals surface area contributed by atoms with E-state index in [1.54, 1.807) is 21.3 Å². The third-order valence-corrected chi connectivity index (χ3v) is 7.43. The summed E-state index contributed by atoms with van der Waals surface area (Å²) in [5.74, 6) is 2.34. The predicted molar refractivity (Wildman–Crippen MR) is 128 cm³/mol. The van der Waals surface area contributed by atoms with Crippen molar-refractivity contribution in [3.8, 4) is 17.2 Å². The number of likely N-dealkylation sites (tertiary alicyclic amines) is 1. The van der Waals surface area contributed by atoms with Gasteiger partial charge in [0.25, 0.3) is 0 Å². The first-order chi connectivity index (χ1) is 16.0. The molecule has 2 aromatic carbocycles. The summed E-state index contributed by atoms with van der Waals surface area (Å²) in [7, 11) is 7.19. The van der Waals surface area contributed by atoms with Crippen molar-refractivity contribution in [2.75, 3.05) is 34.9 Å². The molecule has 3 atom stereocenters. The van der Waals surface area contributed by atoms with Gasteiger partial charge in [0.1, 0.15) is 5.75 Å². The molecule has 0 spiro atoms. The summed E-state index contributed by atoms with van der Waals surface area (Å²) in [5, 5.41) is 6.20. The lowest BCUT2D eigenvalue weighted by molar-refractivity contribution is 0.154. The number of nitrogens with zero attached hydrogens (tertiary/aromatic N) is 1. The Bertz CT molecular complexity index is 965. The number of carbonyl (C=O) groups excluding carboxylic acids is 1. The van der Waals surface area contributed by atoms with Crippen LogP contribution in [-0.2, 0) is 12.0 Å². The van der Waals surface area contributed by atoms with Crippen LogP contribution < -0.4 is 24.8 Å². The Kier molecular flexibility index (Phi) is 6.98. The van der Waals surface area contributed by atoms with Crippen LogP contribution in [0.1, 0.15) is 36.8 Å². The number of hydrogen-bond donors (Lipinski definition) is 2. The van der Waals surface area contributed by atoms with Crippen molar-refractivity contribution >= 4 is 6.03 Å². The van der Waals surface area contributed by atoms with E-state index >= 15 is 0 Å². The molecule has 0 unspecified atom stereocenters. The normalized spacial score (nSPS) is 24.6. The molecule has 1 saturated heterocycles. The third kappa shape index (κ3) is 4.74. The largest absolute Gasteiger partial charge is 0.497 e. The number of fused-ring (bicyclic) bond motifs is 1. The van der Waals surface area contributed by atoms with Crippen LogP contribution in [0, 0.1) is 0 Å². The number of nitrogens with one attached hydrogen (secondary N) is 2. The van der Waals surface area contributed by atoms with E-state index in [-0.39, 0.29) is 17.5 Å². The SMILES string of the molecule is COc1ccc(CNC(=O)N[C@@H]2CC[C@@]3(c4ccc(OC)c(OC)c4)CCN(C)[C@H]3C2)cc1. The van der Waals surface area contributed by atoms with E-state index in [1.807, 2.05) is 30.3 Å². The molecule has 4 rings (SSSR count). The Morgan fingerprint density at radius 3 is 2.48 bits per heavy atom. The molecule has 1 aliphatic carbocycles. The van der Waals surface area contributed by atoms with Crippen molar-refractivity contribution in [1.82, 2.24) is 15.5 Å². The highest BCUT2D eigenvalue weighted by Crippen LogP contribution is 2.49. The van der Waals surface area contributed by atoms with Gasteiger partial charge in [-0.15, -0.1) is 0 Å². The molecule has 0 radical (unpaired) electrons. The van der Waals surface area contributed by atoms with Gasteiger partial charge < -0.3 is 29.7 Å².